The van der Waals surface area contributed by atoms with E-state index in [-0.39, 0.29) is 10.9 Å². The number of nitrogens with two attached hydrogens (primary N) is 1. The van der Waals surface area contributed by atoms with Crippen molar-refractivity contribution in [3.63, 3.8) is 0 Å². The summed E-state index contributed by atoms with van der Waals surface area (Å²) in [5.41, 5.74) is 5.43. The maximum atomic E-state index is 13.5. The summed E-state index contributed by atoms with van der Waals surface area (Å²) in [4.78, 5) is 26.6. The zero-order valence-electron chi connectivity index (χ0n) is 18.3. The number of ether oxygens (including phenoxy) is 1. The number of hydrogen-bond donors (Lipinski definition) is 3. The van der Waals surface area contributed by atoms with Gasteiger partial charge >= 0.3 is 0 Å². The second kappa shape index (κ2) is 10.4. The molecule has 0 aliphatic carbocycles. The lowest BCUT2D eigenvalue weighted by Crippen LogP contribution is -2.60. The molecule has 2 atom stereocenters. The van der Waals surface area contributed by atoms with E-state index in [2.05, 4.69) is 5.32 Å². The average molecular weight is 457 g/mol. The SMILES string of the molecule is COc1ccc(S(=O)(=O)C(C(=O)N(C)C2CCNCC2)N(O)[C@@H](C(N)=O)C(C)C)cc1. The van der Waals surface area contributed by atoms with Gasteiger partial charge in [-0.2, -0.15) is 5.06 Å². The van der Waals surface area contributed by atoms with Gasteiger partial charge in [-0.05, 0) is 56.1 Å². The number of hydroxylamine groups is 2. The Bertz CT molecular complexity index is 868. The monoisotopic (exact) mass is 456 g/mol. The Morgan fingerprint density at radius 2 is 1.74 bits per heavy atom. The van der Waals surface area contributed by atoms with Crippen LogP contribution >= 0.6 is 0 Å². The van der Waals surface area contributed by atoms with Gasteiger partial charge in [0.1, 0.15) is 11.8 Å². The summed E-state index contributed by atoms with van der Waals surface area (Å²) in [6, 6.07) is 3.91. The third-order valence-corrected chi connectivity index (χ3v) is 7.48. The normalized spacial score (nSPS) is 17.4. The van der Waals surface area contributed by atoms with E-state index in [0.717, 1.165) is 0 Å². The number of rotatable bonds is 9. The Labute approximate surface area is 183 Å². The van der Waals surface area contributed by atoms with Crippen LogP contribution in [0.2, 0.25) is 0 Å². The van der Waals surface area contributed by atoms with Crippen molar-refractivity contribution in [1.29, 1.82) is 0 Å². The van der Waals surface area contributed by atoms with Crippen LogP contribution < -0.4 is 15.8 Å². The van der Waals surface area contributed by atoms with Crippen LogP contribution in [0.3, 0.4) is 0 Å². The molecule has 0 aromatic heterocycles. The first kappa shape index (κ1) is 25.1. The van der Waals surface area contributed by atoms with Crippen LogP contribution in [0.15, 0.2) is 29.2 Å². The number of amides is 2. The fraction of sp³-hybridized carbons (Fsp3) is 0.600. The molecule has 2 amide bonds. The fourth-order valence-electron chi connectivity index (χ4n) is 3.74. The molecule has 4 N–H and O–H groups in total. The zero-order valence-corrected chi connectivity index (χ0v) is 19.1. The van der Waals surface area contributed by atoms with Crippen LogP contribution in [0.4, 0.5) is 0 Å². The van der Waals surface area contributed by atoms with Crippen molar-refractivity contribution in [2.45, 2.75) is 49.0 Å². The number of piperidine rings is 1. The number of nitrogens with one attached hydrogen (secondary N) is 1. The fourth-order valence-corrected chi connectivity index (χ4v) is 5.36. The Morgan fingerprint density at radius 3 is 2.19 bits per heavy atom. The minimum Gasteiger partial charge on any atom is -0.497 e. The van der Waals surface area contributed by atoms with Gasteiger partial charge in [0, 0.05) is 13.1 Å². The number of nitrogens with zero attached hydrogens (tertiary/aromatic N) is 2. The lowest BCUT2D eigenvalue weighted by atomic mass is 10.0. The van der Waals surface area contributed by atoms with Crippen LogP contribution in [0, 0.1) is 5.92 Å². The minimum absolute atomic E-state index is 0.184. The highest BCUT2D eigenvalue weighted by Crippen LogP contribution is 2.26. The van der Waals surface area contributed by atoms with Gasteiger partial charge in [-0.15, -0.1) is 0 Å². The number of sulfone groups is 1. The Morgan fingerprint density at radius 1 is 1.19 bits per heavy atom. The van der Waals surface area contributed by atoms with E-state index >= 15 is 0 Å². The molecule has 10 nitrogen and oxygen atoms in total. The molecule has 0 saturated carbocycles. The lowest BCUT2D eigenvalue weighted by Gasteiger charge is -2.37. The summed E-state index contributed by atoms with van der Waals surface area (Å²) in [6.45, 7) is 4.60. The van der Waals surface area contributed by atoms with Crippen LogP contribution in [0.1, 0.15) is 26.7 Å². The maximum absolute atomic E-state index is 13.5. The van der Waals surface area contributed by atoms with E-state index in [9.17, 15) is 23.2 Å². The molecule has 1 heterocycles. The van der Waals surface area contributed by atoms with Gasteiger partial charge < -0.3 is 25.9 Å². The predicted molar refractivity (Wildman–Crippen MR) is 114 cm³/mol. The highest BCUT2D eigenvalue weighted by atomic mass is 32.2. The van der Waals surface area contributed by atoms with Gasteiger partial charge in [0.05, 0.1) is 12.0 Å². The van der Waals surface area contributed by atoms with Gasteiger partial charge in [0.25, 0.3) is 5.91 Å². The molecule has 1 unspecified atom stereocenters. The first-order chi connectivity index (χ1) is 14.5. The summed E-state index contributed by atoms with van der Waals surface area (Å²) < 4.78 is 32.1. The summed E-state index contributed by atoms with van der Waals surface area (Å²) in [5, 5.41) is 12.4. The molecule has 0 bridgehead atoms. The quantitative estimate of drug-likeness (QED) is 0.448. The van der Waals surface area contributed by atoms with E-state index in [1.165, 1.54) is 43.3 Å². The molecule has 2 rings (SSSR count). The van der Waals surface area contributed by atoms with Crippen molar-refractivity contribution in [1.82, 2.24) is 15.3 Å². The Balaban J connectivity index is 2.52. The van der Waals surface area contributed by atoms with Gasteiger partial charge in [0.2, 0.25) is 21.1 Å². The molecule has 174 valence electrons. The molecule has 0 spiro atoms. The molecule has 0 radical (unpaired) electrons. The van der Waals surface area contributed by atoms with Crippen LogP contribution in [0.5, 0.6) is 5.75 Å². The number of carbonyl (C=O) groups is 2. The van der Waals surface area contributed by atoms with E-state index in [0.29, 0.717) is 36.7 Å². The molecule has 1 saturated heterocycles. The Hall–Kier alpha value is -2.21. The topological polar surface area (TPSA) is 142 Å². The van der Waals surface area contributed by atoms with Crippen LogP contribution in [-0.4, -0.2) is 80.1 Å². The van der Waals surface area contributed by atoms with Crippen molar-refractivity contribution in [3.05, 3.63) is 24.3 Å². The predicted octanol–water partition coefficient (Wildman–Crippen LogP) is 0.207. The van der Waals surface area contributed by atoms with Crippen molar-refractivity contribution in [3.8, 4) is 5.75 Å². The van der Waals surface area contributed by atoms with E-state index < -0.39 is 39.0 Å². The van der Waals surface area contributed by atoms with Crippen molar-refractivity contribution < 1.29 is 28.0 Å². The number of primary amides is 1. The summed E-state index contributed by atoms with van der Waals surface area (Å²) in [6.07, 6.45) is 1.29. The standard InChI is InChI=1S/C20H32N4O6S/c1-13(2)17(18(21)25)24(27)20(19(26)23(3)14-9-11-22-12-10-14)31(28,29)16-7-5-15(30-4)6-8-16/h5-8,13-14,17,20,22,27H,9-12H2,1-4H3,(H2,21,25)/t17-,20?/m1/s1. The third kappa shape index (κ3) is 5.53. The van der Waals surface area contributed by atoms with E-state index in [4.69, 9.17) is 10.5 Å². The van der Waals surface area contributed by atoms with Gasteiger partial charge in [-0.3, -0.25) is 9.59 Å². The van der Waals surface area contributed by atoms with Gasteiger partial charge in [0.15, 0.2) is 0 Å². The smallest absolute Gasteiger partial charge is 0.258 e. The van der Waals surface area contributed by atoms with Crippen molar-refractivity contribution in [2.24, 2.45) is 11.7 Å². The molecular weight excluding hydrogens is 424 g/mol. The molecule has 1 fully saturated rings. The first-order valence-electron chi connectivity index (χ1n) is 10.1. The first-order valence-corrected chi connectivity index (χ1v) is 11.7. The maximum Gasteiger partial charge on any atom is 0.258 e. The molecule has 1 aliphatic rings. The summed E-state index contributed by atoms with van der Waals surface area (Å²) in [7, 11) is -1.46. The minimum atomic E-state index is -4.41. The van der Waals surface area contributed by atoms with E-state index in [1.54, 1.807) is 13.8 Å². The van der Waals surface area contributed by atoms with Crippen LogP contribution in [0.25, 0.3) is 0 Å². The van der Waals surface area contributed by atoms with Gasteiger partial charge in [-0.25, -0.2) is 8.42 Å². The largest absolute Gasteiger partial charge is 0.497 e. The number of hydrogen-bond acceptors (Lipinski definition) is 8. The number of benzene rings is 1. The second-order valence-corrected chi connectivity index (χ2v) is 9.98. The summed E-state index contributed by atoms with van der Waals surface area (Å²) >= 11 is 0. The molecule has 11 heteroatoms. The Kier molecular flexibility index (Phi) is 8.41. The molecule has 31 heavy (non-hydrogen) atoms. The second-order valence-electron chi connectivity index (χ2n) is 7.97. The molecule has 1 aromatic carbocycles. The highest BCUT2D eigenvalue weighted by Gasteiger charge is 2.46. The molecule has 1 aliphatic heterocycles. The number of methoxy groups -OCH3 is 1. The van der Waals surface area contributed by atoms with Crippen molar-refractivity contribution >= 4 is 21.7 Å². The zero-order chi connectivity index (χ0) is 23.3. The number of likely N-dealkylation sites (N-methyl/N-ethyl adjacent to an activating group) is 1. The summed E-state index contributed by atoms with van der Waals surface area (Å²) in [5.74, 6) is -1.85. The van der Waals surface area contributed by atoms with Gasteiger partial charge in [-0.1, -0.05) is 13.8 Å². The van der Waals surface area contributed by atoms with Crippen molar-refractivity contribution in [2.75, 3.05) is 27.2 Å². The average Bonchev–Trinajstić information content (AvgIpc) is 2.73. The lowest BCUT2D eigenvalue weighted by molar-refractivity contribution is -0.176. The third-order valence-electron chi connectivity index (χ3n) is 5.55. The van der Waals surface area contributed by atoms with E-state index in [1.807, 2.05) is 0 Å². The van der Waals surface area contributed by atoms with Crippen LogP contribution in [-0.2, 0) is 19.4 Å². The number of carbonyl (C=O) groups excluding carboxylic acids is 2. The molecular formula is C20H32N4O6S. The highest BCUT2D eigenvalue weighted by molar-refractivity contribution is 7.92. The molecule has 1 aromatic rings.